The van der Waals surface area contributed by atoms with Gasteiger partial charge in [0.1, 0.15) is 0 Å². The number of carboxylic acid groups (broad SMARTS) is 2. The zero-order valence-electron chi connectivity index (χ0n) is 7.81. The zero-order valence-corrected chi connectivity index (χ0v) is 7.81. The van der Waals surface area contributed by atoms with Crippen molar-refractivity contribution in [2.75, 3.05) is 0 Å². The molecule has 0 aromatic carbocycles. The molecule has 0 rings (SSSR count). The first kappa shape index (κ1) is 19.0. The minimum absolute atomic E-state index is 0. The molecule has 0 aliphatic carbocycles. The number of ether oxygens (including phenoxy) is 1. The van der Waals surface area contributed by atoms with Crippen LogP contribution in [0.5, 0.6) is 0 Å². The maximum Gasteiger partial charge on any atom is 1.00 e. The van der Waals surface area contributed by atoms with Crippen molar-refractivity contribution in [1.29, 1.82) is 0 Å². The second-order valence-corrected chi connectivity index (χ2v) is 1.66. The molecule has 0 radical (unpaired) electrons. The van der Waals surface area contributed by atoms with Crippen molar-refractivity contribution in [3.8, 4) is 0 Å². The van der Waals surface area contributed by atoms with Crippen LogP contribution in [0.1, 0.15) is 0 Å². The minimum atomic E-state index is -2.39. The molecule has 0 atom stereocenters. The van der Waals surface area contributed by atoms with Gasteiger partial charge < -0.3 is 24.5 Å². The molecule has 0 aliphatic heterocycles. The van der Waals surface area contributed by atoms with E-state index in [1.807, 2.05) is 0 Å². The number of carbonyl (C=O) groups excluding carboxylic acids is 3. The molecule has 0 unspecified atom stereocenters. The topological polar surface area (TPSA) is 107 Å². The van der Waals surface area contributed by atoms with Crippen LogP contribution in [0, 0.1) is 0 Å². The van der Waals surface area contributed by atoms with Gasteiger partial charge in [0.15, 0.2) is 6.10 Å². The molecule has 0 fully saturated rings. The van der Waals surface area contributed by atoms with E-state index in [0.717, 1.165) is 0 Å². The Morgan fingerprint density at radius 1 is 1.14 bits per heavy atom. The third kappa shape index (κ3) is 6.82. The van der Waals surface area contributed by atoms with E-state index in [0.29, 0.717) is 6.08 Å². The molecule has 0 N–H and O–H groups in total. The summed E-state index contributed by atoms with van der Waals surface area (Å²) in [5.41, 5.74) is 0. The molecule has 0 aliphatic rings. The van der Waals surface area contributed by atoms with Crippen LogP contribution in [0.3, 0.4) is 0 Å². The van der Waals surface area contributed by atoms with E-state index in [1.165, 1.54) is 0 Å². The monoisotopic (exact) mass is 186 g/mol. The number of hydrogen-bond donors (Lipinski definition) is 0. The van der Waals surface area contributed by atoms with Crippen LogP contribution in [-0.4, -0.2) is 24.0 Å². The third-order valence-electron chi connectivity index (χ3n) is 0.829. The molecule has 14 heavy (non-hydrogen) atoms. The fourth-order valence-corrected chi connectivity index (χ4v) is 0.357. The summed E-state index contributed by atoms with van der Waals surface area (Å²) in [5, 5.41) is 19.9. The van der Waals surface area contributed by atoms with Crippen LogP contribution < -0.4 is 47.9 Å². The first-order valence-corrected chi connectivity index (χ1v) is 2.73. The molecule has 0 aromatic heterocycles. The van der Waals surface area contributed by atoms with E-state index in [2.05, 4.69) is 11.3 Å². The Morgan fingerprint density at radius 2 is 1.50 bits per heavy atom. The van der Waals surface area contributed by atoms with Crippen molar-refractivity contribution in [3.05, 3.63) is 12.7 Å². The Morgan fingerprint density at radius 3 is 1.71 bits per heavy atom. The van der Waals surface area contributed by atoms with Crippen molar-refractivity contribution >= 4 is 17.9 Å². The molecule has 0 aromatic rings. The van der Waals surface area contributed by atoms with E-state index < -0.39 is 24.0 Å². The summed E-state index contributed by atoms with van der Waals surface area (Å²) in [4.78, 5) is 30.2. The van der Waals surface area contributed by atoms with Crippen LogP contribution in [0.4, 0.5) is 0 Å². The summed E-state index contributed by atoms with van der Waals surface area (Å²) in [5.74, 6) is -5.27. The predicted molar refractivity (Wildman–Crippen MR) is 30.1 cm³/mol. The van der Waals surface area contributed by atoms with Gasteiger partial charge in [-0.15, -0.1) is 0 Å². The van der Waals surface area contributed by atoms with Crippen LogP contribution >= 0.6 is 0 Å². The molecule has 0 heterocycles. The zero-order chi connectivity index (χ0) is 9.72. The van der Waals surface area contributed by atoms with Gasteiger partial charge in [-0.05, 0) is 0 Å². The quantitative estimate of drug-likeness (QED) is 0.187. The van der Waals surface area contributed by atoms with Crippen LogP contribution in [0.25, 0.3) is 0 Å². The fourth-order valence-electron chi connectivity index (χ4n) is 0.357. The molecule has 0 saturated heterocycles. The molecule has 66 valence electrons. The molecule has 0 saturated carbocycles. The average molecular weight is 186 g/mol. The van der Waals surface area contributed by atoms with Crippen molar-refractivity contribution in [2.45, 2.75) is 6.10 Å². The maximum atomic E-state index is 10.3. The van der Waals surface area contributed by atoms with Gasteiger partial charge in [0.2, 0.25) is 0 Å². The number of carbonyl (C=O) groups is 3. The Bertz CT molecular complexity index is 224. The van der Waals surface area contributed by atoms with E-state index in [-0.39, 0.29) is 37.7 Å². The largest absolute Gasteiger partial charge is 1.00 e. The van der Waals surface area contributed by atoms with Gasteiger partial charge in [-0.1, -0.05) is 6.58 Å². The molecule has 8 heteroatoms. The van der Waals surface area contributed by atoms with Crippen molar-refractivity contribution in [3.63, 3.8) is 0 Å². The summed E-state index contributed by atoms with van der Waals surface area (Å²) in [6.45, 7) is 2.93. The van der Waals surface area contributed by atoms with E-state index >= 15 is 0 Å². The van der Waals surface area contributed by atoms with Crippen LogP contribution in [-0.2, 0) is 19.1 Å². The van der Waals surface area contributed by atoms with Gasteiger partial charge in [-0.3, -0.25) is 0 Å². The first-order chi connectivity index (χ1) is 5.49. The third-order valence-corrected chi connectivity index (χ3v) is 0.829. The molecule has 0 spiro atoms. The van der Waals surface area contributed by atoms with E-state index in [9.17, 15) is 24.6 Å². The summed E-state index contributed by atoms with van der Waals surface area (Å²) in [6, 6.07) is 0. The summed E-state index contributed by atoms with van der Waals surface area (Å²) in [7, 11) is 0. The normalized spacial score (nSPS) is 7.79. The van der Waals surface area contributed by atoms with Gasteiger partial charge in [0, 0.05) is 6.08 Å². The molecule has 0 amide bonds. The Kier molecular flexibility index (Phi) is 12.1. The first-order valence-electron chi connectivity index (χ1n) is 2.73. The van der Waals surface area contributed by atoms with Crippen molar-refractivity contribution in [1.82, 2.24) is 0 Å². The number of esters is 1. The van der Waals surface area contributed by atoms with Crippen LogP contribution in [0.15, 0.2) is 12.7 Å². The molecular formula is C6H4Li2O6. The Balaban J connectivity index is -0.000000605. The summed E-state index contributed by atoms with van der Waals surface area (Å²) >= 11 is 0. The molecule has 6 nitrogen and oxygen atoms in total. The second-order valence-electron chi connectivity index (χ2n) is 1.66. The van der Waals surface area contributed by atoms with E-state index in [4.69, 9.17) is 0 Å². The van der Waals surface area contributed by atoms with Gasteiger partial charge in [0.05, 0.1) is 11.9 Å². The van der Waals surface area contributed by atoms with Crippen molar-refractivity contribution in [2.24, 2.45) is 0 Å². The standard InChI is InChI=1S/C6H6O6.2Li/c1-2-3(7)12-4(5(8)9)6(10)11;;/h2,4H,1H2,(H,8,9)(H,10,11);;/q;2*+1/p-2. The summed E-state index contributed by atoms with van der Waals surface area (Å²) < 4.78 is 3.84. The smallest absolute Gasteiger partial charge is 0.546 e. The molecule has 0 bridgehead atoms. The van der Waals surface area contributed by atoms with E-state index in [1.54, 1.807) is 0 Å². The van der Waals surface area contributed by atoms with Crippen molar-refractivity contribution < 1.29 is 67.1 Å². The summed E-state index contributed by atoms with van der Waals surface area (Å²) in [6.07, 6.45) is -1.77. The van der Waals surface area contributed by atoms with Gasteiger partial charge in [0.25, 0.3) is 0 Å². The SMILES string of the molecule is C=CC(=O)OC(C(=O)[O-])C(=O)[O-].[Li+].[Li+]. The van der Waals surface area contributed by atoms with Gasteiger partial charge in [-0.2, -0.15) is 0 Å². The number of hydrogen-bond acceptors (Lipinski definition) is 6. The average Bonchev–Trinajstić information content (AvgIpc) is 1.98. The second kappa shape index (κ2) is 8.92. The Labute approximate surface area is 104 Å². The fraction of sp³-hybridized carbons (Fsp3) is 0.167. The number of carboxylic acids is 2. The van der Waals surface area contributed by atoms with Gasteiger partial charge >= 0.3 is 43.7 Å². The maximum absolute atomic E-state index is 10.3. The minimum Gasteiger partial charge on any atom is -0.546 e. The number of aliphatic carboxylic acids is 2. The van der Waals surface area contributed by atoms with Gasteiger partial charge in [-0.25, -0.2) is 4.79 Å². The van der Waals surface area contributed by atoms with Crippen LogP contribution in [0.2, 0.25) is 0 Å². The number of rotatable bonds is 4. The predicted octanol–water partition coefficient (Wildman–Crippen LogP) is -9.41. The molecular weight excluding hydrogens is 182 g/mol. The Hall–Kier alpha value is -0.655.